The molecule has 0 aliphatic carbocycles. The van der Waals surface area contributed by atoms with Gasteiger partial charge in [0.15, 0.2) is 0 Å². The summed E-state index contributed by atoms with van der Waals surface area (Å²) < 4.78 is 4.93. The maximum Gasteiger partial charge on any atom is 0.246 e. The summed E-state index contributed by atoms with van der Waals surface area (Å²) in [6.45, 7) is 5.64. The molecule has 23 heavy (non-hydrogen) atoms. The highest BCUT2D eigenvalue weighted by Crippen LogP contribution is 2.09. The Morgan fingerprint density at radius 2 is 1.96 bits per heavy atom. The smallest absolute Gasteiger partial charge is 0.246 e. The molecule has 1 rings (SSSR count). The third-order valence-corrected chi connectivity index (χ3v) is 3.43. The molecular weight excluding hydrogens is 294 g/mol. The van der Waals surface area contributed by atoms with E-state index in [-0.39, 0.29) is 18.4 Å². The number of amides is 2. The molecule has 1 unspecified atom stereocenters. The van der Waals surface area contributed by atoms with Crippen molar-refractivity contribution in [1.29, 1.82) is 0 Å². The Labute approximate surface area is 138 Å². The number of nitrogens with zero attached hydrogens (tertiary/aromatic N) is 1. The van der Waals surface area contributed by atoms with Crippen LogP contribution in [0.5, 0.6) is 0 Å². The lowest BCUT2D eigenvalue weighted by Crippen LogP contribution is -2.49. The molecule has 0 spiro atoms. The van der Waals surface area contributed by atoms with Gasteiger partial charge in [-0.1, -0.05) is 25.1 Å². The third-order valence-electron chi connectivity index (χ3n) is 3.43. The standard InChI is InChI=1S/C17H27N3O3/c1-4-11-20(16(21)13-18-10-12-23-3)14(2)17(22)19-15-8-6-5-7-9-15/h5-9,14,18H,4,10-13H2,1-3H3,(H,19,22). The monoisotopic (exact) mass is 321 g/mol. The number of nitrogens with one attached hydrogen (secondary N) is 2. The SMILES string of the molecule is CCCN(C(=O)CNCCOC)C(C)C(=O)Nc1ccccc1. The van der Waals surface area contributed by atoms with E-state index in [4.69, 9.17) is 4.74 Å². The van der Waals surface area contributed by atoms with Crippen LogP contribution in [-0.4, -0.2) is 56.1 Å². The van der Waals surface area contributed by atoms with Crippen molar-refractivity contribution in [2.45, 2.75) is 26.3 Å². The van der Waals surface area contributed by atoms with Crippen LogP contribution >= 0.6 is 0 Å². The maximum atomic E-state index is 12.4. The van der Waals surface area contributed by atoms with Gasteiger partial charge in [0.25, 0.3) is 0 Å². The summed E-state index contributed by atoms with van der Waals surface area (Å²) in [5.41, 5.74) is 0.728. The molecule has 0 radical (unpaired) electrons. The Morgan fingerprint density at radius 3 is 2.57 bits per heavy atom. The first-order chi connectivity index (χ1) is 11.1. The molecule has 6 nitrogen and oxygen atoms in total. The number of rotatable bonds is 10. The molecule has 0 bridgehead atoms. The number of carbonyl (C=O) groups is 2. The van der Waals surface area contributed by atoms with Crippen LogP contribution in [0.2, 0.25) is 0 Å². The molecule has 2 amide bonds. The molecule has 6 heteroatoms. The summed E-state index contributed by atoms with van der Waals surface area (Å²) in [5, 5.41) is 5.86. The molecule has 128 valence electrons. The lowest BCUT2D eigenvalue weighted by molar-refractivity contribution is -0.137. The number of hydrogen-bond donors (Lipinski definition) is 2. The van der Waals surface area contributed by atoms with Crippen LogP contribution in [0.3, 0.4) is 0 Å². The van der Waals surface area contributed by atoms with Crippen LogP contribution in [-0.2, 0) is 14.3 Å². The number of hydrogen-bond acceptors (Lipinski definition) is 4. The second kappa shape index (κ2) is 10.7. The Hall–Kier alpha value is -1.92. The van der Waals surface area contributed by atoms with E-state index >= 15 is 0 Å². The predicted octanol–water partition coefficient (Wildman–Crippen LogP) is 1.49. The van der Waals surface area contributed by atoms with Gasteiger partial charge in [-0.2, -0.15) is 0 Å². The average molecular weight is 321 g/mol. The normalized spacial score (nSPS) is 11.8. The number of benzene rings is 1. The van der Waals surface area contributed by atoms with Crippen molar-refractivity contribution in [2.24, 2.45) is 0 Å². The van der Waals surface area contributed by atoms with Crippen LogP contribution in [0.15, 0.2) is 30.3 Å². The van der Waals surface area contributed by atoms with E-state index in [0.29, 0.717) is 19.7 Å². The molecule has 0 aliphatic heterocycles. The van der Waals surface area contributed by atoms with E-state index in [1.165, 1.54) is 0 Å². The van der Waals surface area contributed by atoms with Crippen molar-refractivity contribution < 1.29 is 14.3 Å². The van der Waals surface area contributed by atoms with Crippen molar-refractivity contribution >= 4 is 17.5 Å². The summed E-state index contributed by atoms with van der Waals surface area (Å²) in [6, 6.07) is 8.72. The van der Waals surface area contributed by atoms with Gasteiger partial charge in [-0.25, -0.2) is 0 Å². The van der Waals surface area contributed by atoms with Gasteiger partial charge in [-0.3, -0.25) is 9.59 Å². The Morgan fingerprint density at radius 1 is 1.26 bits per heavy atom. The van der Waals surface area contributed by atoms with E-state index in [9.17, 15) is 9.59 Å². The molecule has 2 N–H and O–H groups in total. The van der Waals surface area contributed by atoms with Crippen molar-refractivity contribution in [3.63, 3.8) is 0 Å². The summed E-state index contributed by atoms with van der Waals surface area (Å²) in [5.74, 6) is -0.270. The molecule has 1 aromatic rings. The first-order valence-corrected chi connectivity index (χ1v) is 7.95. The highest BCUT2D eigenvalue weighted by molar-refractivity contribution is 5.97. The number of methoxy groups -OCH3 is 1. The quantitative estimate of drug-likeness (QED) is 0.641. The van der Waals surface area contributed by atoms with E-state index in [0.717, 1.165) is 12.1 Å². The van der Waals surface area contributed by atoms with E-state index < -0.39 is 6.04 Å². The largest absolute Gasteiger partial charge is 0.383 e. The van der Waals surface area contributed by atoms with Gasteiger partial charge in [-0.05, 0) is 25.5 Å². The second-order valence-electron chi connectivity index (χ2n) is 5.29. The first kappa shape index (κ1) is 19.1. The summed E-state index contributed by atoms with van der Waals surface area (Å²) >= 11 is 0. The highest BCUT2D eigenvalue weighted by Gasteiger charge is 2.24. The Balaban J connectivity index is 2.59. The zero-order valence-electron chi connectivity index (χ0n) is 14.2. The lowest BCUT2D eigenvalue weighted by Gasteiger charge is -2.28. The van der Waals surface area contributed by atoms with Crippen molar-refractivity contribution in [3.05, 3.63) is 30.3 Å². The molecule has 0 saturated carbocycles. The van der Waals surface area contributed by atoms with Gasteiger partial charge < -0.3 is 20.3 Å². The van der Waals surface area contributed by atoms with E-state index in [1.54, 1.807) is 18.9 Å². The van der Waals surface area contributed by atoms with Crippen molar-refractivity contribution in [1.82, 2.24) is 10.2 Å². The van der Waals surface area contributed by atoms with E-state index in [1.807, 2.05) is 37.3 Å². The molecule has 0 saturated heterocycles. The number of anilines is 1. The zero-order chi connectivity index (χ0) is 17.1. The number of ether oxygens (including phenoxy) is 1. The Kier molecular flexibility index (Phi) is 8.94. The van der Waals surface area contributed by atoms with Crippen LogP contribution in [0, 0.1) is 0 Å². The third kappa shape index (κ3) is 6.80. The van der Waals surface area contributed by atoms with Gasteiger partial charge in [-0.15, -0.1) is 0 Å². The zero-order valence-corrected chi connectivity index (χ0v) is 14.2. The lowest BCUT2D eigenvalue weighted by atomic mass is 10.2. The van der Waals surface area contributed by atoms with Gasteiger partial charge in [0.2, 0.25) is 11.8 Å². The van der Waals surface area contributed by atoms with Crippen LogP contribution in [0.25, 0.3) is 0 Å². The molecule has 0 aromatic heterocycles. The van der Waals surface area contributed by atoms with E-state index in [2.05, 4.69) is 10.6 Å². The molecule has 1 atom stereocenters. The minimum Gasteiger partial charge on any atom is -0.383 e. The molecular formula is C17H27N3O3. The van der Waals surface area contributed by atoms with Crippen molar-refractivity contribution in [3.8, 4) is 0 Å². The van der Waals surface area contributed by atoms with Gasteiger partial charge in [0.05, 0.1) is 13.2 Å². The fourth-order valence-electron chi connectivity index (χ4n) is 2.16. The van der Waals surface area contributed by atoms with Crippen molar-refractivity contribution in [2.75, 3.05) is 38.7 Å². The Bertz CT molecular complexity index is 479. The highest BCUT2D eigenvalue weighted by atomic mass is 16.5. The van der Waals surface area contributed by atoms with Crippen LogP contribution in [0.4, 0.5) is 5.69 Å². The fourth-order valence-corrected chi connectivity index (χ4v) is 2.16. The molecule has 0 heterocycles. The number of para-hydroxylation sites is 1. The van der Waals surface area contributed by atoms with Crippen LogP contribution in [0.1, 0.15) is 20.3 Å². The topological polar surface area (TPSA) is 70.7 Å². The van der Waals surface area contributed by atoms with Gasteiger partial charge in [0.1, 0.15) is 6.04 Å². The molecule has 0 fully saturated rings. The summed E-state index contributed by atoms with van der Waals surface area (Å²) in [7, 11) is 1.61. The molecule has 1 aromatic carbocycles. The first-order valence-electron chi connectivity index (χ1n) is 7.95. The minimum absolute atomic E-state index is 0.0846. The fraction of sp³-hybridized carbons (Fsp3) is 0.529. The van der Waals surface area contributed by atoms with Crippen LogP contribution < -0.4 is 10.6 Å². The number of carbonyl (C=O) groups excluding carboxylic acids is 2. The molecule has 0 aliphatic rings. The minimum atomic E-state index is -0.521. The summed E-state index contributed by atoms with van der Waals surface area (Å²) in [4.78, 5) is 26.3. The van der Waals surface area contributed by atoms with Gasteiger partial charge >= 0.3 is 0 Å². The average Bonchev–Trinajstić information content (AvgIpc) is 2.56. The maximum absolute atomic E-state index is 12.4. The predicted molar refractivity (Wildman–Crippen MR) is 91.3 cm³/mol. The van der Waals surface area contributed by atoms with Gasteiger partial charge in [0, 0.05) is 25.9 Å². The summed E-state index contributed by atoms with van der Waals surface area (Å²) in [6.07, 6.45) is 0.798. The second-order valence-corrected chi connectivity index (χ2v) is 5.29.